The van der Waals surface area contributed by atoms with E-state index in [1.165, 1.54) is 11.8 Å². The maximum Gasteiger partial charge on any atom is 0.233 e. The number of nitriles is 1. The Morgan fingerprint density at radius 2 is 2.08 bits per heavy atom. The second-order valence-electron chi connectivity index (χ2n) is 6.03. The molecule has 1 aromatic carbocycles. The predicted octanol–water partition coefficient (Wildman–Crippen LogP) is 3.26. The zero-order valence-electron chi connectivity index (χ0n) is 14.8. The molecule has 0 aliphatic heterocycles. The number of hydrogen-bond donors (Lipinski definition) is 0. The lowest BCUT2D eigenvalue weighted by atomic mass is 10.1. The van der Waals surface area contributed by atoms with E-state index in [4.69, 9.17) is 5.26 Å². The van der Waals surface area contributed by atoms with Crippen LogP contribution >= 0.6 is 11.8 Å². The summed E-state index contributed by atoms with van der Waals surface area (Å²) in [5.41, 5.74) is 1.65. The van der Waals surface area contributed by atoms with Gasteiger partial charge in [-0.05, 0) is 38.0 Å². The minimum absolute atomic E-state index is 0.0783. The summed E-state index contributed by atoms with van der Waals surface area (Å²) >= 11 is 1.42. The van der Waals surface area contributed by atoms with Gasteiger partial charge in [-0.25, -0.2) is 0 Å². The van der Waals surface area contributed by atoms with Crippen molar-refractivity contribution >= 4 is 17.7 Å². The van der Waals surface area contributed by atoms with Gasteiger partial charge in [0.05, 0.1) is 17.4 Å². The summed E-state index contributed by atoms with van der Waals surface area (Å²) in [5.74, 6) is 0.413. The Bertz CT molecular complexity index is 733. The van der Waals surface area contributed by atoms with Crippen molar-refractivity contribution in [3.8, 4) is 6.07 Å². The number of carbonyl (C=O) groups is 1. The van der Waals surface area contributed by atoms with E-state index >= 15 is 0 Å². The average molecular weight is 357 g/mol. The lowest BCUT2D eigenvalue weighted by Crippen LogP contribution is -2.32. The van der Waals surface area contributed by atoms with Gasteiger partial charge in [-0.15, -0.1) is 10.2 Å². The lowest BCUT2D eigenvalue weighted by molar-refractivity contribution is -0.129. The Labute approximate surface area is 152 Å². The molecule has 0 saturated carbocycles. The molecular weight excluding hydrogens is 334 g/mol. The quantitative estimate of drug-likeness (QED) is 0.678. The molecule has 2 aromatic rings. The zero-order chi connectivity index (χ0) is 18.2. The van der Waals surface area contributed by atoms with E-state index < -0.39 is 0 Å². The number of thioether (sulfide) groups is 1. The Hall–Kier alpha value is -2.33. The topological polar surface area (TPSA) is 74.8 Å². The van der Waals surface area contributed by atoms with E-state index in [0.717, 1.165) is 17.1 Å². The maximum absolute atomic E-state index is 12.6. The number of aromatic nitrogens is 3. The van der Waals surface area contributed by atoms with Crippen LogP contribution in [0.4, 0.5) is 0 Å². The highest BCUT2D eigenvalue weighted by molar-refractivity contribution is 7.99. The van der Waals surface area contributed by atoms with Crippen LogP contribution in [0.5, 0.6) is 0 Å². The van der Waals surface area contributed by atoms with Crippen LogP contribution in [0, 0.1) is 11.3 Å². The molecule has 0 fully saturated rings. The number of hydrogen-bond acceptors (Lipinski definition) is 5. The average Bonchev–Trinajstić information content (AvgIpc) is 3.09. The van der Waals surface area contributed by atoms with Gasteiger partial charge in [0.2, 0.25) is 5.91 Å². The van der Waals surface area contributed by atoms with Crippen LogP contribution in [0.25, 0.3) is 0 Å². The highest BCUT2D eigenvalue weighted by Crippen LogP contribution is 2.19. The summed E-state index contributed by atoms with van der Waals surface area (Å²) in [7, 11) is 0. The van der Waals surface area contributed by atoms with E-state index in [9.17, 15) is 4.79 Å². The molecule has 0 aliphatic rings. The highest BCUT2D eigenvalue weighted by Gasteiger charge is 2.16. The fraction of sp³-hybridized carbons (Fsp3) is 0.444. The summed E-state index contributed by atoms with van der Waals surface area (Å²) < 4.78 is 1.96. The van der Waals surface area contributed by atoms with Crippen molar-refractivity contribution in [3.05, 3.63) is 41.7 Å². The van der Waals surface area contributed by atoms with Crippen molar-refractivity contribution in [1.82, 2.24) is 19.7 Å². The highest BCUT2D eigenvalue weighted by atomic mass is 32.2. The fourth-order valence-corrected chi connectivity index (χ4v) is 3.32. The number of rotatable bonds is 8. The van der Waals surface area contributed by atoms with E-state index in [1.807, 2.05) is 21.6 Å². The molecule has 2 rings (SSSR count). The van der Waals surface area contributed by atoms with Crippen molar-refractivity contribution in [3.63, 3.8) is 0 Å². The molecule has 0 atom stereocenters. The van der Waals surface area contributed by atoms with Gasteiger partial charge in [-0.2, -0.15) is 5.26 Å². The van der Waals surface area contributed by atoms with Crippen LogP contribution in [-0.4, -0.2) is 37.9 Å². The van der Waals surface area contributed by atoms with Gasteiger partial charge in [0.25, 0.3) is 0 Å². The molecule has 1 heterocycles. The molecule has 0 saturated heterocycles. The summed E-state index contributed by atoms with van der Waals surface area (Å²) in [4.78, 5) is 14.5. The molecule has 1 amide bonds. The normalized spacial score (nSPS) is 10.7. The van der Waals surface area contributed by atoms with E-state index in [1.54, 1.807) is 18.5 Å². The standard InChI is InChI=1S/C18H23N5OS/c1-4-9-22(11-16-7-5-15(10-19)6-8-16)17(24)12-25-18-21-20-13-23(18)14(2)3/h5-8,13-14H,4,9,11-12H2,1-3H3. The molecule has 0 N–H and O–H groups in total. The third-order valence-corrected chi connectivity index (χ3v) is 4.67. The first-order chi connectivity index (χ1) is 12.0. The molecular formula is C18H23N5OS. The van der Waals surface area contributed by atoms with Crippen molar-refractivity contribution in [2.45, 2.75) is 44.9 Å². The van der Waals surface area contributed by atoms with Crippen LogP contribution in [0.15, 0.2) is 35.7 Å². The Morgan fingerprint density at radius 3 is 2.68 bits per heavy atom. The van der Waals surface area contributed by atoms with Crippen LogP contribution in [0.2, 0.25) is 0 Å². The number of nitrogens with zero attached hydrogens (tertiary/aromatic N) is 5. The molecule has 1 aromatic heterocycles. The van der Waals surface area contributed by atoms with Crippen LogP contribution in [-0.2, 0) is 11.3 Å². The van der Waals surface area contributed by atoms with Gasteiger partial charge in [-0.1, -0.05) is 30.8 Å². The van der Waals surface area contributed by atoms with Gasteiger partial charge in [0.1, 0.15) is 6.33 Å². The number of amides is 1. The minimum Gasteiger partial charge on any atom is -0.338 e. The largest absolute Gasteiger partial charge is 0.338 e. The van der Waals surface area contributed by atoms with Crippen LogP contribution < -0.4 is 0 Å². The Kier molecular flexibility index (Phi) is 7.02. The van der Waals surface area contributed by atoms with Gasteiger partial charge < -0.3 is 9.47 Å². The van der Waals surface area contributed by atoms with Gasteiger partial charge >= 0.3 is 0 Å². The monoisotopic (exact) mass is 357 g/mol. The molecule has 0 unspecified atom stereocenters. The summed E-state index contributed by atoms with van der Waals surface area (Å²) in [6, 6.07) is 9.73. The predicted molar refractivity (Wildman–Crippen MR) is 98.0 cm³/mol. The molecule has 132 valence electrons. The van der Waals surface area contributed by atoms with Crippen molar-refractivity contribution < 1.29 is 4.79 Å². The first-order valence-corrected chi connectivity index (χ1v) is 9.32. The smallest absolute Gasteiger partial charge is 0.233 e. The molecule has 0 spiro atoms. The van der Waals surface area contributed by atoms with Crippen LogP contribution in [0.1, 0.15) is 44.4 Å². The maximum atomic E-state index is 12.6. The third kappa shape index (κ3) is 5.33. The second-order valence-corrected chi connectivity index (χ2v) is 6.97. The van der Waals surface area contributed by atoms with Gasteiger partial charge in [0, 0.05) is 19.1 Å². The van der Waals surface area contributed by atoms with E-state index in [-0.39, 0.29) is 11.9 Å². The molecule has 6 nitrogen and oxygen atoms in total. The second kappa shape index (κ2) is 9.23. The summed E-state index contributed by atoms with van der Waals surface area (Å²) in [6.07, 6.45) is 2.59. The van der Waals surface area contributed by atoms with Crippen molar-refractivity contribution in [2.75, 3.05) is 12.3 Å². The molecule has 25 heavy (non-hydrogen) atoms. The van der Waals surface area contributed by atoms with Crippen LogP contribution in [0.3, 0.4) is 0 Å². The zero-order valence-corrected chi connectivity index (χ0v) is 15.7. The molecule has 7 heteroatoms. The summed E-state index contributed by atoms with van der Waals surface area (Å²) in [5, 5.41) is 17.7. The first-order valence-electron chi connectivity index (χ1n) is 8.34. The van der Waals surface area contributed by atoms with Gasteiger partial charge in [0.15, 0.2) is 5.16 Å². The molecule has 0 bridgehead atoms. The van der Waals surface area contributed by atoms with E-state index in [2.05, 4.69) is 37.0 Å². The van der Waals surface area contributed by atoms with E-state index in [0.29, 0.717) is 24.4 Å². The molecule has 0 radical (unpaired) electrons. The SMILES string of the molecule is CCCN(Cc1ccc(C#N)cc1)C(=O)CSc1nncn1C(C)C. The number of carbonyl (C=O) groups excluding carboxylic acids is 1. The van der Waals surface area contributed by atoms with Crippen molar-refractivity contribution in [1.29, 1.82) is 5.26 Å². The fourth-order valence-electron chi connectivity index (χ4n) is 2.37. The first kappa shape index (κ1) is 19.0. The molecule has 0 aliphatic carbocycles. The Balaban J connectivity index is 1.99. The van der Waals surface area contributed by atoms with Gasteiger partial charge in [-0.3, -0.25) is 4.79 Å². The number of benzene rings is 1. The third-order valence-electron chi connectivity index (χ3n) is 3.72. The summed E-state index contributed by atoms with van der Waals surface area (Å²) in [6.45, 7) is 7.43. The Morgan fingerprint density at radius 1 is 1.36 bits per heavy atom. The minimum atomic E-state index is 0.0783. The lowest BCUT2D eigenvalue weighted by Gasteiger charge is -2.22. The van der Waals surface area contributed by atoms with Crippen molar-refractivity contribution in [2.24, 2.45) is 0 Å².